The molecule has 0 aliphatic rings. The van der Waals surface area contributed by atoms with Crippen LogP contribution in [0.3, 0.4) is 0 Å². The zero-order chi connectivity index (χ0) is 17.5. The standard InChI is InChI=1S/C16H13Cl2N3O2S/c1-24-14-4-2-10(3-5-14)9-19-21-16(23)15(22)20-13-7-11(17)6-12(18)8-13/h2-9H,1H3,(H,20,22)(H,21,23)/b19-9-. The van der Waals surface area contributed by atoms with Crippen molar-refractivity contribution < 1.29 is 9.59 Å². The average Bonchev–Trinajstić information content (AvgIpc) is 2.54. The first kappa shape index (κ1) is 18.3. The topological polar surface area (TPSA) is 70.6 Å². The molecule has 2 aromatic rings. The lowest BCUT2D eigenvalue weighted by Gasteiger charge is -2.05. The maximum absolute atomic E-state index is 11.8. The Morgan fingerprint density at radius 3 is 2.25 bits per heavy atom. The minimum absolute atomic E-state index is 0.323. The number of carbonyl (C=O) groups excluding carboxylic acids is 2. The predicted molar refractivity (Wildman–Crippen MR) is 99.1 cm³/mol. The summed E-state index contributed by atoms with van der Waals surface area (Å²) in [6.07, 6.45) is 3.43. The molecule has 0 fully saturated rings. The molecular formula is C16H13Cl2N3O2S. The second kappa shape index (κ2) is 8.73. The van der Waals surface area contributed by atoms with E-state index in [1.54, 1.807) is 11.8 Å². The van der Waals surface area contributed by atoms with Gasteiger partial charge in [-0.3, -0.25) is 9.59 Å². The average molecular weight is 382 g/mol. The molecule has 0 bridgehead atoms. The number of anilines is 1. The van der Waals surface area contributed by atoms with Gasteiger partial charge in [0.25, 0.3) is 0 Å². The van der Waals surface area contributed by atoms with Gasteiger partial charge in [-0.25, -0.2) is 5.43 Å². The smallest absolute Gasteiger partial charge is 0.318 e. The highest BCUT2D eigenvalue weighted by Crippen LogP contribution is 2.22. The van der Waals surface area contributed by atoms with Crippen LogP contribution in [0.4, 0.5) is 5.69 Å². The van der Waals surface area contributed by atoms with Crippen molar-refractivity contribution in [3.8, 4) is 0 Å². The summed E-state index contributed by atoms with van der Waals surface area (Å²) in [4.78, 5) is 24.6. The number of amides is 2. The van der Waals surface area contributed by atoms with Crippen molar-refractivity contribution in [1.82, 2.24) is 5.43 Å². The van der Waals surface area contributed by atoms with E-state index in [1.807, 2.05) is 30.5 Å². The van der Waals surface area contributed by atoms with Crippen molar-refractivity contribution in [2.45, 2.75) is 4.90 Å². The van der Waals surface area contributed by atoms with Crippen LogP contribution in [-0.4, -0.2) is 24.3 Å². The number of carbonyl (C=O) groups is 2. The van der Waals surface area contributed by atoms with Crippen molar-refractivity contribution >= 4 is 58.7 Å². The lowest BCUT2D eigenvalue weighted by atomic mass is 10.2. The molecule has 8 heteroatoms. The monoisotopic (exact) mass is 381 g/mol. The Bertz CT molecular complexity index is 759. The molecule has 2 aromatic carbocycles. The molecule has 0 saturated carbocycles. The van der Waals surface area contributed by atoms with E-state index in [-0.39, 0.29) is 0 Å². The number of hydrogen-bond donors (Lipinski definition) is 2. The zero-order valence-electron chi connectivity index (χ0n) is 12.5. The van der Waals surface area contributed by atoms with Crippen LogP contribution in [-0.2, 0) is 9.59 Å². The van der Waals surface area contributed by atoms with E-state index >= 15 is 0 Å². The number of hydrogen-bond acceptors (Lipinski definition) is 4. The Kier molecular flexibility index (Phi) is 6.66. The van der Waals surface area contributed by atoms with Crippen molar-refractivity contribution in [3.63, 3.8) is 0 Å². The Hall–Kier alpha value is -2.02. The zero-order valence-corrected chi connectivity index (χ0v) is 14.9. The molecule has 0 spiro atoms. The van der Waals surface area contributed by atoms with Gasteiger partial charge in [-0.2, -0.15) is 5.10 Å². The fourth-order valence-electron chi connectivity index (χ4n) is 1.72. The third-order valence-corrected chi connectivity index (χ3v) is 4.00. The van der Waals surface area contributed by atoms with E-state index in [9.17, 15) is 9.59 Å². The highest BCUT2D eigenvalue weighted by Gasteiger charge is 2.13. The molecule has 124 valence electrons. The van der Waals surface area contributed by atoms with Gasteiger partial charge >= 0.3 is 11.8 Å². The maximum Gasteiger partial charge on any atom is 0.329 e. The van der Waals surface area contributed by atoms with Gasteiger partial charge in [0.2, 0.25) is 0 Å². The first-order valence-electron chi connectivity index (χ1n) is 6.72. The number of nitrogens with one attached hydrogen (secondary N) is 2. The normalized spacial score (nSPS) is 10.6. The largest absolute Gasteiger partial charge is 0.329 e. The number of nitrogens with zero attached hydrogens (tertiary/aromatic N) is 1. The number of benzene rings is 2. The molecule has 2 rings (SSSR count). The first-order chi connectivity index (χ1) is 11.5. The first-order valence-corrected chi connectivity index (χ1v) is 8.70. The van der Waals surface area contributed by atoms with Crippen LogP contribution in [0.2, 0.25) is 10.0 Å². The van der Waals surface area contributed by atoms with Crippen LogP contribution in [0.15, 0.2) is 52.5 Å². The third kappa shape index (κ3) is 5.56. The SMILES string of the molecule is CSc1ccc(/C=N\NC(=O)C(=O)Nc2cc(Cl)cc(Cl)c2)cc1. The van der Waals surface area contributed by atoms with Gasteiger partial charge in [-0.05, 0) is 42.2 Å². The number of rotatable bonds is 4. The highest BCUT2D eigenvalue weighted by atomic mass is 35.5. The third-order valence-electron chi connectivity index (χ3n) is 2.82. The summed E-state index contributed by atoms with van der Waals surface area (Å²) in [5.41, 5.74) is 3.28. The quantitative estimate of drug-likeness (QED) is 0.366. The molecule has 2 amide bonds. The fraction of sp³-hybridized carbons (Fsp3) is 0.0625. The van der Waals surface area contributed by atoms with Crippen LogP contribution >= 0.6 is 35.0 Å². The van der Waals surface area contributed by atoms with Gasteiger partial charge in [-0.1, -0.05) is 35.3 Å². The fourth-order valence-corrected chi connectivity index (χ4v) is 2.65. The molecular weight excluding hydrogens is 369 g/mol. The molecule has 0 aliphatic heterocycles. The van der Waals surface area contributed by atoms with Crippen molar-refractivity contribution in [2.24, 2.45) is 5.10 Å². The maximum atomic E-state index is 11.8. The van der Waals surface area contributed by atoms with E-state index in [0.29, 0.717) is 15.7 Å². The minimum Gasteiger partial charge on any atom is -0.318 e. The van der Waals surface area contributed by atoms with Gasteiger partial charge < -0.3 is 5.32 Å². The van der Waals surface area contributed by atoms with Crippen molar-refractivity contribution in [3.05, 3.63) is 58.1 Å². The molecule has 24 heavy (non-hydrogen) atoms. The van der Waals surface area contributed by atoms with Crippen molar-refractivity contribution in [1.29, 1.82) is 0 Å². The Morgan fingerprint density at radius 1 is 1.04 bits per heavy atom. The summed E-state index contributed by atoms with van der Waals surface area (Å²) in [5, 5.41) is 6.84. The van der Waals surface area contributed by atoms with E-state index in [4.69, 9.17) is 23.2 Å². The number of hydrazone groups is 1. The number of thioether (sulfide) groups is 1. The van der Waals surface area contributed by atoms with E-state index in [0.717, 1.165) is 10.5 Å². The molecule has 5 nitrogen and oxygen atoms in total. The van der Waals surface area contributed by atoms with Crippen LogP contribution < -0.4 is 10.7 Å². The van der Waals surface area contributed by atoms with Crippen molar-refractivity contribution in [2.75, 3.05) is 11.6 Å². The molecule has 0 atom stereocenters. The van der Waals surface area contributed by atoms with Gasteiger partial charge in [0.1, 0.15) is 0 Å². The highest BCUT2D eigenvalue weighted by molar-refractivity contribution is 7.98. The van der Waals surface area contributed by atoms with Gasteiger partial charge in [0.15, 0.2) is 0 Å². The number of halogens is 2. The van der Waals surface area contributed by atoms with E-state index < -0.39 is 11.8 Å². The summed E-state index contributed by atoms with van der Waals surface area (Å²) in [6, 6.07) is 12.1. The molecule has 0 radical (unpaired) electrons. The van der Waals surface area contributed by atoms with Gasteiger partial charge in [-0.15, -0.1) is 11.8 Å². The molecule has 0 unspecified atom stereocenters. The Balaban J connectivity index is 1.91. The predicted octanol–water partition coefficient (Wildman–Crippen LogP) is 3.80. The van der Waals surface area contributed by atoms with Crippen LogP contribution in [0, 0.1) is 0 Å². The molecule has 0 aliphatic carbocycles. The summed E-state index contributed by atoms with van der Waals surface area (Å²) in [5.74, 6) is -1.77. The summed E-state index contributed by atoms with van der Waals surface area (Å²) in [6.45, 7) is 0. The summed E-state index contributed by atoms with van der Waals surface area (Å²) < 4.78 is 0. The van der Waals surface area contributed by atoms with Gasteiger partial charge in [0, 0.05) is 20.6 Å². The van der Waals surface area contributed by atoms with Crippen LogP contribution in [0.25, 0.3) is 0 Å². The Labute approximate surface area is 153 Å². The second-order valence-electron chi connectivity index (χ2n) is 4.58. The Morgan fingerprint density at radius 2 is 1.67 bits per heavy atom. The van der Waals surface area contributed by atoms with Crippen LogP contribution in [0.5, 0.6) is 0 Å². The molecule has 0 saturated heterocycles. The van der Waals surface area contributed by atoms with Gasteiger partial charge in [0.05, 0.1) is 6.21 Å². The lowest BCUT2D eigenvalue weighted by Crippen LogP contribution is -2.32. The lowest BCUT2D eigenvalue weighted by molar-refractivity contribution is -0.136. The van der Waals surface area contributed by atoms with Crippen LogP contribution in [0.1, 0.15) is 5.56 Å². The summed E-state index contributed by atoms with van der Waals surface area (Å²) >= 11 is 13.3. The minimum atomic E-state index is -0.900. The second-order valence-corrected chi connectivity index (χ2v) is 6.34. The van der Waals surface area contributed by atoms with E-state index in [2.05, 4.69) is 15.8 Å². The summed E-state index contributed by atoms with van der Waals surface area (Å²) in [7, 11) is 0. The molecule has 0 aromatic heterocycles. The molecule has 0 heterocycles. The van der Waals surface area contributed by atoms with E-state index in [1.165, 1.54) is 24.4 Å². The molecule has 2 N–H and O–H groups in total.